The van der Waals surface area contributed by atoms with Crippen LogP contribution in [0, 0.1) is 0 Å². The van der Waals surface area contributed by atoms with Crippen LogP contribution in [-0.2, 0) is 0 Å². The van der Waals surface area contributed by atoms with Gasteiger partial charge in [-0.1, -0.05) is 35.3 Å². The summed E-state index contributed by atoms with van der Waals surface area (Å²) >= 11 is 13.1. The summed E-state index contributed by atoms with van der Waals surface area (Å²) in [6.45, 7) is 2.48. The van der Waals surface area contributed by atoms with Crippen LogP contribution in [-0.4, -0.2) is 18.8 Å². The van der Waals surface area contributed by atoms with E-state index in [2.05, 4.69) is 5.32 Å². The summed E-state index contributed by atoms with van der Waals surface area (Å²) in [5, 5.41) is 13.9. The molecule has 0 fully saturated rings. The van der Waals surface area contributed by atoms with E-state index in [1.807, 2.05) is 31.2 Å². The number of thiophene rings is 1. The van der Waals surface area contributed by atoms with Gasteiger partial charge in [-0.3, -0.25) is 0 Å². The molecular formula is C15H17Cl2NO2S. The number of aliphatic hydroxyl groups excluding tert-OH is 1. The van der Waals surface area contributed by atoms with E-state index in [4.69, 9.17) is 27.9 Å². The second-order valence-corrected chi connectivity index (χ2v) is 6.78. The maximum atomic E-state index is 10.1. The summed E-state index contributed by atoms with van der Waals surface area (Å²) in [6, 6.07) is 9.67. The molecule has 2 rings (SSSR count). The van der Waals surface area contributed by atoms with Crippen molar-refractivity contribution < 1.29 is 9.84 Å². The third-order valence-electron chi connectivity index (χ3n) is 3.23. The fourth-order valence-corrected chi connectivity index (χ4v) is 3.31. The van der Waals surface area contributed by atoms with Gasteiger partial charge in [0, 0.05) is 17.5 Å². The van der Waals surface area contributed by atoms with Gasteiger partial charge in [0.05, 0.1) is 12.1 Å². The summed E-state index contributed by atoms with van der Waals surface area (Å²) in [5.41, 5.74) is 1.13. The highest BCUT2D eigenvalue weighted by molar-refractivity contribution is 7.17. The van der Waals surface area contributed by atoms with Crippen LogP contribution in [0.4, 0.5) is 0 Å². The molecule has 1 heterocycles. The predicted octanol–water partition coefficient (Wildman–Crippen LogP) is 4.45. The van der Waals surface area contributed by atoms with Crippen LogP contribution < -0.4 is 10.1 Å². The minimum atomic E-state index is -0.624. The first-order valence-corrected chi connectivity index (χ1v) is 8.08. The van der Waals surface area contributed by atoms with Crippen molar-refractivity contribution in [2.75, 3.05) is 13.7 Å². The number of methoxy groups -OCH3 is 1. The van der Waals surface area contributed by atoms with Gasteiger partial charge in [-0.25, -0.2) is 0 Å². The van der Waals surface area contributed by atoms with Crippen molar-refractivity contribution >= 4 is 34.5 Å². The fourth-order valence-electron chi connectivity index (χ4n) is 1.93. The third-order valence-corrected chi connectivity index (χ3v) is 5.19. The minimum Gasteiger partial charge on any atom is -0.497 e. The van der Waals surface area contributed by atoms with Gasteiger partial charge >= 0.3 is 0 Å². The van der Waals surface area contributed by atoms with Crippen molar-refractivity contribution in [2.24, 2.45) is 0 Å². The largest absolute Gasteiger partial charge is 0.497 e. The predicted molar refractivity (Wildman–Crippen MR) is 88.7 cm³/mol. The summed E-state index contributed by atoms with van der Waals surface area (Å²) in [7, 11) is 1.64. The molecule has 0 amide bonds. The number of ether oxygens (including phenoxy) is 1. The maximum Gasteiger partial charge on any atom is 0.118 e. The number of nitrogens with one attached hydrogen (secondary N) is 1. The first kappa shape index (κ1) is 16.6. The van der Waals surface area contributed by atoms with Crippen LogP contribution in [0.1, 0.15) is 29.5 Å². The first-order chi connectivity index (χ1) is 10.0. The van der Waals surface area contributed by atoms with E-state index in [1.165, 1.54) is 11.3 Å². The van der Waals surface area contributed by atoms with Gasteiger partial charge in [-0.15, -0.1) is 11.3 Å². The molecule has 0 saturated carbocycles. The minimum absolute atomic E-state index is 0.122. The molecule has 1 aromatic carbocycles. The molecule has 6 heteroatoms. The van der Waals surface area contributed by atoms with Crippen molar-refractivity contribution in [3.63, 3.8) is 0 Å². The smallest absolute Gasteiger partial charge is 0.118 e. The lowest BCUT2D eigenvalue weighted by Gasteiger charge is -2.17. The van der Waals surface area contributed by atoms with Crippen LogP contribution in [0.2, 0.25) is 9.36 Å². The van der Waals surface area contributed by atoms with Crippen molar-refractivity contribution in [1.29, 1.82) is 0 Å². The van der Waals surface area contributed by atoms with Crippen molar-refractivity contribution in [2.45, 2.75) is 19.1 Å². The molecular weight excluding hydrogens is 329 g/mol. The van der Waals surface area contributed by atoms with Crippen LogP contribution in [0.5, 0.6) is 5.75 Å². The Hall–Kier alpha value is -0.780. The molecule has 114 valence electrons. The fraction of sp³-hybridized carbons (Fsp3) is 0.333. The highest BCUT2D eigenvalue weighted by Crippen LogP contribution is 2.34. The standard InChI is InChI=1S/C15H17Cl2NO2S/c1-9(10-3-5-11(20-2)6-4-10)18-8-13(19)14-7-12(16)15(17)21-14/h3-7,9,13,18-19H,8H2,1-2H3. The van der Waals surface area contributed by atoms with Crippen molar-refractivity contribution in [3.05, 3.63) is 50.1 Å². The summed E-state index contributed by atoms with van der Waals surface area (Å²) in [6.07, 6.45) is -0.624. The summed E-state index contributed by atoms with van der Waals surface area (Å²) < 4.78 is 5.64. The lowest BCUT2D eigenvalue weighted by Crippen LogP contribution is -2.24. The Morgan fingerprint density at radius 2 is 1.95 bits per heavy atom. The highest BCUT2D eigenvalue weighted by atomic mass is 35.5. The SMILES string of the molecule is COc1ccc(C(C)NCC(O)c2cc(Cl)c(Cl)s2)cc1. The average Bonchev–Trinajstić information content (AvgIpc) is 2.84. The number of aliphatic hydroxyl groups is 1. The monoisotopic (exact) mass is 345 g/mol. The molecule has 2 atom stereocenters. The highest BCUT2D eigenvalue weighted by Gasteiger charge is 2.15. The van der Waals surface area contributed by atoms with Crippen LogP contribution in [0.25, 0.3) is 0 Å². The van der Waals surface area contributed by atoms with E-state index in [0.29, 0.717) is 15.9 Å². The van der Waals surface area contributed by atoms with Gasteiger partial charge in [0.15, 0.2) is 0 Å². The normalized spacial score (nSPS) is 14.0. The van der Waals surface area contributed by atoms with Gasteiger partial charge in [-0.05, 0) is 30.7 Å². The molecule has 2 N–H and O–H groups in total. The number of hydrogen-bond acceptors (Lipinski definition) is 4. The Kier molecular flexibility index (Phi) is 5.90. The van der Waals surface area contributed by atoms with Crippen LogP contribution in [0.3, 0.4) is 0 Å². The molecule has 0 saturated heterocycles. The van der Waals surface area contributed by atoms with E-state index in [9.17, 15) is 5.11 Å². The van der Waals surface area contributed by atoms with Crippen molar-refractivity contribution in [1.82, 2.24) is 5.32 Å². The summed E-state index contributed by atoms with van der Waals surface area (Å²) in [5.74, 6) is 0.828. The topological polar surface area (TPSA) is 41.5 Å². The lowest BCUT2D eigenvalue weighted by atomic mass is 10.1. The van der Waals surface area contributed by atoms with Gasteiger partial charge in [0.25, 0.3) is 0 Å². The molecule has 0 aliphatic heterocycles. The number of benzene rings is 1. The Bertz CT molecular complexity index is 566. The van der Waals surface area contributed by atoms with Gasteiger partial charge in [0.1, 0.15) is 16.2 Å². The van der Waals surface area contributed by atoms with Gasteiger partial charge in [0.2, 0.25) is 0 Å². The molecule has 3 nitrogen and oxygen atoms in total. The molecule has 2 aromatic rings. The Balaban J connectivity index is 1.91. The summed E-state index contributed by atoms with van der Waals surface area (Å²) in [4.78, 5) is 0.763. The second-order valence-electron chi connectivity index (χ2n) is 4.69. The average molecular weight is 346 g/mol. The lowest BCUT2D eigenvalue weighted by molar-refractivity contribution is 0.174. The van der Waals surface area contributed by atoms with Gasteiger partial charge in [-0.2, -0.15) is 0 Å². The number of hydrogen-bond donors (Lipinski definition) is 2. The second kappa shape index (κ2) is 7.47. The van der Waals surface area contributed by atoms with E-state index in [-0.39, 0.29) is 6.04 Å². The quantitative estimate of drug-likeness (QED) is 0.812. The molecule has 2 unspecified atom stereocenters. The molecule has 0 bridgehead atoms. The first-order valence-electron chi connectivity index (χ1n) is 6.51. The van der Waals surface area contributed by atoms with Crippen LogP contribution in [0.15, 0.2) is 30.3 Å². The van der Waals surface area contributed by atoms with Crippen molar-refractivity contribution in [3.8, 4) is 5.75 Å². The Morgan fingerprint density at radius 1 is 1.29 bits per heavy atom. The molecule has 0 aliphatic rings. The zero-order chi connectivity index (χ0) is 15.4. The van der Waals surface area contributed by atoms with Gasteiger partial charge < -0.3 is 15.2 Å². The van der Waals surface area contributed by atoms with E-state index in [0.717, 1.165) is 16.2 Å². The molecule has 1 aromatic heterocycles. The maximum absolute atomic E-state index is 10.1. The Labute approximate surface area is 138 Å². The van der Waals surface area contributed by atoms with Crippen LogP contribution >= 0.6 is 34.5 Å². The molecule has 0 aliphatic carbocycles. The third kappa shape index (κ3) is 4.34. The number of halogens is 2. The number of rotatable bonds is 6. The van der Waals surface area contributed by atoms with E-state index in [1.54, 1.807) is 13.2 Å². The molecule has 21 heavy (non-hydrogen) atoms. The zero-order valence-corrected chi connectivity index (χ0v) is 14.1. The Morgan fingerprint density at radius 3 is 2.48 bits per heavy atom. The zero-order valence-electron chi connectivity index (χ0n) is 11.8. The van der Waals surface area contributed by atoms with E-state index < -0.39 is 6.10 Å². The molecule has 0 spiro atoms. The molecule has 0 radical (unpaired) electrons. The van der Waals surface area contributed by atoms with E-state index >= 15 is 0 Å².